The van der Waals surface area contributed by atoms with Crippen LogP contribution in [-0.2, 0) is 11.2 Å². The van der Waals surface area contributed by atoms with E-state index in [0.29, 0.717) is 0 Å². The van der Waals surface area contributed by atoms with Crippen LogP contribution < -0.4 is 0 Å². The van der Waals surface area contributed by atoms with Crippen molar-refractivity contribution in [3.63, 3.8) is 0 Å². The summed E-state index contributed by atoms with van der Waals surface area (Å²) in [6.07, 6.45) is 2.72. The van der Waals surface area contributed by atoms with Gasteiger partial charge in [0.2, 0.25) is 0 Å². The fourth-order valence-electron chi connectivity index (χ4n) is 0.724. The molecule has 0 aliphatic heterocycles. The van der Waals surface area contributed by atoms with Gasteiger partial charge in [-0.05, 0) is 0 Å². The van der Waals surface area contributed by atoms with Crippen molar-refractivity contribution in [2.75, 3.05) is 0 Å². The molecular formula is C7H6F2N2O2. The topological polar surface area (TPSA) is 63.1 Å². The lowest BCUT2D eigenvalue weighted by Crippen LogP contribution is -2.31. The molecule has 13 heavy (non-hydrogen) atoms. The Kier molecular flexibility index (Phi) is 2.50. The van der Waals surface area contributed by atoms with Crippen LogP contribution in [-0.4, -0.2) is 27.0 Å². The van der Waals surface area contributed by atoms with E-state index < -0.39 is 18.3 Å². The molecule has 0 saturated carbocycles. The van der Waals surface area contributed by atoms with Gasteiger partial charge in [-0.25, -0.2) is 4.79 Å². The molecule has 0 radical (unpaired) electrons. The summed E-state index contributed by atoms with van der Waals surface area (Å²) in [6.45, 7) is 0. The van der Waals surface area contributed by atoms with Gasteiger partial charge < -0.3 is 5.11 Å². The summed E-state index contributed by atoms with van der Waals surface area (Å²) < 4.78 is 25.1. The predicted molar refractivity (Wildman–Crippen MR) is 38.3 cm³/mol. The molecule has 1 aromatic rings. The van der Waals surface area contributed by atoms with E-state index in [0.717, 1.165) is 6.20 Å². The molecule has 0 amide bonds. The maximum atomic E-state index is 12.6. The molecule has 70 valence electrons. The molecule has 0 unspecified atom stereocenters. The number of rotatable bonds is 3. The first kappa shape index (κ1) is 9.50. The van der Waals surface area contributed by atoms with Crippen LogP contribution in [0.2, 0.25) is 0 Å². The van der Waals surface area contributed by atoms with E-state index in [1.807, 2.05) is 0 Å². The van der Waals surface area contributed by atoms with Crippen LogP contribution >= 0.6 is 0 Å². The highest BCUT2D eigenvalue weighted by Crippen LogP contribution is 2.18. The highest BCUT2D eigenvalue weighted by atomic mass is 19.3. The predicted octanol–water partition coefficient (Wildman–Crippen LogP) is 0.739. The average Bonchev–Trinajstić information content (AvgIpc) is 2.05. The second-order valence-electron chi connectivity index (χ2n) is 2.38. The molecule has 0 saturated heterocycles. The van der Waals surface area contributed by atoms with Crippen molar-refractivity contribution in [1.82, 2.24) is 9.97 Å². The van der Waals surface area contributed by atoms with Gasteiger partial charge in [-0.1, -0.05) is 0 Å². The average molecular weight is 188 g/mol. The van der Waals surface area contributed by atoms with Gasteiger partial charge in [0.25, 0.3) is 0 Å². The Morgan fingerprint density at radius 1 is 1.54 bits per heavy atom. The highest BCUT2D eigenvalue weighted by molar-refractivity contribution is 5.75. The summed E-state index contributed by atoms with van der Waals surface area (Å²) in [5, 5.41) is 8.10. The molecule has 6 heteroatoms. The van der Waals surface area contributed by atoms with E-state index in [4.69, 9.17) is 5.11 Å². The number of halogens is 2. The van der Waals surface area contributed by atoms with E-state index in [1.54, 1.807) is 0 Å². The van der Waals surface area contributed by atoms with Gasteiger partial charge in [0.05, 0.1) is 12.1 Å². The minimum absolute atomic E-state index is 0.0464. The standard InChI is InChI=1S/C7H6F2N2O2/c8-7(9,6(12)13)3-5-4-10-1-2-11-5/h1-2,4H,3H2,(H,12,13). The number of carbonyl (C=O) groups is 1. The summed E-state index contributed by atoms with van der Waals surface area (Å²) in [5.74, 6) is -5.94. The molecular weight excluding hydrogens is 182 g/mol. The SMILES string of the molecule is O=C(O)C(F)(F)Cc1cnccn1. The van der Waals surface area contributed by atoms with Gasteiger partial charge in [0.1, 0.15) is 0 Å². The van der Waals surface area contributed by atoms with Crippen molar-refractivity contribution < 1.29 is 18.7 Å². The Morgan fingerprint density at radius 2 is 2.23 bits per heavy atom. The van der Waals surface area contributed by atoms with Crippen LogP contribution in [0.25, 0.3) is 0 Å². The zero-order chi connectivity index (χ0) is 9.90. The first-order chi connectivity index (χ1) is 6.02. The number of aromatic nitrogens is 2. The van der Waals surface area contributed by atoms with Gasteiger partial charge in [-0.15, -0.1) is 0 Å². The van der Waals surface area contributed by atoms with Gasteiger partial charge in [-0.2, -0.15) is 8.78 Å². The summed E-state index contributed by atoms with van der Waals surface area (Å²) in [4.78, 5) is 17.1. The van der Waals surface area contributed by atoms with Crippen molar-refractivity contribution in [2.45, 2.75) is 12.3 Å². The Labute approximate surface area is 72.3 Å². The van der Waals surface area contributed by atoms with Gasteiger partial charge in [0.15, 0.2) is 0 Å². The minimum atomic E-state index is -3.78. The van der Waals surface area contributed by atoms with Crippen molar-refractivity contribution in [3.8, 4) is 0 Å². The lowest BCUT2D eigenvalue weighted by Gasteiger charge is -2.08. The third-order valence-electron chi connectivity index (χ3n) is 1.33. The molecule has 1 rings (SSSR count). The second-order valence-corrected chi connectivity index (χ2v) is 2.38. The second kappa shape index (κ2) is 3.42. The highest BCUT2D eigenvalue weighted by Gasteiger charge is 2.39. The maximum Gasteiger partial charge on any atom is 0.374 e. The molecule has 1 aromatic heterocycles. The molecule has 0 atom stereocenters. The van der Waals surface area contributed by atoms with Crippen molar-refractivity contribution >= 4 is 5.97 Å². The van der Waals surface area contributed by atoms with Gasteiger partial charge >= 0.3 is 11.9 Å². The quantitative estimate of drug-likeness (QED) is 0.759. The number of hydrogen-bond donors (Lipinski definition) is 1. The summed E-state index contributed by atoms with van der Waals surface area (Å²) in [7, 11) is 0. The Balaban J connectivity index is 2.75. The third kappa shape index (κ3) is 2.43. The zero-order valence-electron chi connectivity index (χ0n) is 6.44. The van der Waals surface area contributed by atoms with Gasteiger partial charge in [-0.3, -0.25) is 9.97 Å². The summed E-state index contributed by atoms with van der Waals surface area (Å²) in [5.41, 5.74) is -0.0464. The van der Waals surface area contributed by atoms with E-state index in [9.17, 15) is 13.6 Å². The number of aliphatic carboxylic acids is 1. The Morgan fingerprint density at radius 3 is 2.69 bits per heavy atom. The lowest BCUT2D eigenvalue weighted by atomic mass is 10.2. The molecule has 0 fully saturated rings. The minimum Gasteiger partial charge on any atom is -0.477 e. The first-order valence-electron chi connectivity index (χ1n) is 3.38. The summed E-state index contributed by atoms with van der Waals surface area (Å²) in [6, 6.07) is 0. The van der Waals surface area contributed by atoms with E-state index in [2.05, 4.69) is 9.97 Å². The maximum absolute atomic E-state index is 12.6. The van der Waals surface area contributed by atoms with Crippen molar-refractivity contribution in [3.05, 3.63) is 24.3 Å². The van der Waals surface area contributed by atoms with E-state index >= 15 is 0 Å². The third-order valence-corrected chi connectivity index (χ3v) is 1.33. The zero-order valence-corrected chi connectivity index (χ0v) is 6.44. The van der Waals surface area contributed by atoms with Gasteiger partial charge in [0, 0.05) is 18.6 Å². The number of nitrogens with zero attached hydrogens (tertiary/aromatic N) is 2. The monoisotopic (exact) mass is 188 g/mol. The van der Waals surface area contributed by atoms with Crippen LogP contribution in [0.1, 0.15) is 5.69 Å². The number of carboxylic acid groups (broad SMARTS) is 1. The molecule has 4 nitrogen and oxygen atoms in total. The number of alkyl halides is 2. The normalized spacial score (nSPS) is 11.2. The number of hydrogen-bond acceptors (Lipinski definition) is 3. The first-order valence-corrected chi connectivity index (χ1v) is 3.38. The summed E-state index contributed by atoms with van der Waals surface area (Å²) >= 11 is 0. The van der Waals surface area contributed by atoms with Crippen molar-refractivity contribution in [1.29, 1.82) is 0 Å². The van der Waals surface area contributed by atoms with Crippen molar-refractivity contribution in [2.24, 2.45) is 0 Å². The Hall–Kier alpha value is -1.59. The van der Waals surface area contributed by atoms with Crippen LogP contribution in [0.5, 0.6) is 0 Å². The molecule has 1 N–H and O–H groups in total. The molecule has 1 heterocycles. The fraction of sp³-hybridized carbons (Fsp3) is 0.286. The van der Waals surface area contributed by atoms with E-state index in [1.165, 1.54) is 12.4 Å². The molecule has 0 aromatic carbocycles. The molecule has 0 aliphatic carbocycles. The number of carboxylic acids is 1. The van der Waals surface area contributed by atoms with E-state index in [-0.39, 0.29) is 5.69 Å². The molecule has 0 aliphatic rings. The lowest BCUT2D eigenvalue weighted by molar-refractivity contribution is -0.164. The van der Waals surface area contributed by atoms with Crippen LogP contribution in [0.15, 0.2) is 18.6 Å². The van der Waals surface area contributed by atoms with Crippen LogP contribution in [0, 0.1) is 0 Å². The van der Waals surface area contributed by atoms with Crippen LogP contribution in [0.4, 0.5) is 8.78 Å². The molecule has 0 spiro atoms. The largest absolute Gasteiger partial charge is 0.477 e. The fourth-order valence-corrected chi connectivity index (χ4v) is 0.724. The molecule has 0 bridgehead atoms. The smallest absolute Gasteiger partial charge is 0.374 e. The Bertz CT molecular complexity index is 303. The van der Waals surface area contributed by atoms with Crippen LogP contribution in [0.3, 0.4) is 0 Å².